The van der Waals surface area contributed by atoms with E-state index in [0.717, 1.165) is 31.2 Å². The van der Waals surface area contributed by atoms with Crippen LogP contribution in [0, 0.1) is 5.92 Å². The molecule has 0 heterocycles. The zero-order chi connectivity index (χ0) is 14.6. The lowest BCUT2D eigenvalue weighted by molar-refractivity contribution is 0.468. The third kappa shape index (κ3) is 3.61. The number of hydrogen-bond acceptors (Lipinski definition) is 3. The summed E-state index contributed by atoms with van der Waals surface area (Å²) < 4.78 is 27.2. The number of allylic oxidation sites excluding steroid dienone is 2. The van der Waals surface area contributed by atoms with E-state index in [1.54, 1.807) is 18.2 Å². The Morgan fingerprint density at radius 1 is 1.35 bits per heavy atom. The maximum absolute atomic E-state index is 12.2. The lowest BCUT2D eigenvalue weighted by atomic mass is 9.95. The molecule has 0 spiro atoms. The predicted molar refractivity (Wildman–Crippen MR) is 81.9 cm³/mol. The SMILES string of the molecule is CCc1ccc(S(=O)(=O)NCC2CC=CCC2)cc1N. The molecule has 5 heteroatoms. The summed E-state index contributed by atoms with van der Waals surface area (Å²) >= 11 is 0. The molecule has 0 saturated carbocycles. The van der Waals surface area contributed by atoms with Gasteiger partial charge >= 0.3 is 0 Å². The van der Waals surface area contributed by atoms with Gasteiger partial charge in [0.1, 0.15) is 0 Å². The summed E-state index contributed by atoms with van der Waals surface area (Å²) in [5.74, 6) is 0.391. The summed E-state index contributed by atoms with van der Waals surface area (Å²) in [6, 6.07) is 4.95. The van der Waals surface area contributed by atoms with E-state index in [0.29, 0.717) is 18.2 Å². The minimum Gasteiger partial charge on any atom is -0.398 e. The minimum atomic E-state index is -3.46. The Morgan fingerprint density at radius 2 is 2.15 bits per heavy atom. The van der Waals surface area contributed by atoms with Gasteiger partial charge in [-0.05, 0) is 49.3 Å². The lowest BCUT2D eigenvalue weighted by Crippen LogP contribution is -2.29. The predicted octanol–water partition coefficient (Wildman–Crippen LogP) is 2.47. The molecule has 0 bridgehead atoms. The largest absolute Gasteiger partial charge is 0.398 e. The number of nitrogens with two attached hydrogens (primary N) is 1. The van der Waals surface area contributed by atoms with Crippen molar-refractivity contribution in [3.63, 3.8) is 0 Å². The van der Waals surface area contributed by atoms with Gasteiger partial charge in [0.15, 0.2) is 0 Å². The Bertz CT molecular complexity index is 594. The van der Waals surface area contributed by atoms with Crippen LogP contribution in [0.25, 0.3) is 0 Å². The van der Waals surface area contributed by atoms with Crippen LogP contribution < -0.4 is 10.5 Å². The third-order valence-electron chi connectivity index (χ3n) is 3.75. The van der Waals surface area contributed by atoms with Crippen LogP contribution in [0.15, 0.2) is 35.2 Å². The fraction of sp³-hybridized carbons (Fsp3) is 0.467. The van der Waals surface area contributed by atoms with Crippen LogP contribution in [0.3, 0.4) is 0 Å². The van der Waals surface area contributed by atoms with E-state index in [4.69, 9.17) is 5.73 Å². The third-order valence-corrected chi connectivity index (χ3v) is 5.17. The van der Waals surface area contributed by atoms with Gasteiger partial charge in [0.2, 0.25) is 10.0 Å². The molecule has 1 aliphatic rings. The van der Waals surface area contributed by atoms with Gasteiger partial charge in [0.05, 0.1) is 4.90 Å². The number of nitrogens with one attached hydrogen (secondary N) is 1. The molecule has 20 heavy (non-hydrogen) atoms. The molecular weight excluding hydrogens is 272 g/mol. The molecule has 1 aliphatic carbocycles. The Kier molecular flexibility index (Phi) is 4.83. The van der Waals surface area contributed by atoms with E-state index in [2.05, 4.69) is 16.9 Å². The van der Waals surface area contributed by atoms with Crippen molar-refractivity contribution in [3.05, 3.63) is 35.9 Å². The summed E-state index contributed by atoms with van der Waals surface area (Å²) in [5, 5.41) is 0. The number of nitrogen functional groups attached to an aromatic ring is 1. The van der Waals surface area contributed by atoms with E-state index >= 15 is 0 Å². The van der Waals surface area contributed by atoms with Crippen LogP contribution in [0.1, 0.15) is 31.7 Å². The van der Waals surface area contributed by atoms with Gasteiger partial charge < -0.3 is 5.73 Å². The van der Waals surface area contributed by atoms with E-state index in [1.165, 1.54) is 0 Å². The van der Waals surface area contributed by atoms with Crippen molar-refractivity contribution in [2.24, 2.45) is 5.92 Å². The molecule has 110 valence electrons. The van der Waals surface area contributed by atoms with Gasteiger partial charge in [-0.1, -0.05) is 25.1 Å². The van der Waals surface area contributed by atoms with E-state index in [1.807, 2.05) is 6.92 Å². The summed E-state index contributed by atoms with van der Waals surface area (Å²) in [6.45, 7) is 2.48. The smallest absolute Gasteiger partial charge is 0.240 e. The number of sulfonamides is 1. The standard InChI is InChI=1S/C15H22N2O2S/c1-2-13-8-9-14(10-15(13)16)20(18,19)17-11-12-6-4-3-5-7-12/h3-4,8-10,12,17H,2,5-7,11,16H2,1H3. The summed E-state index contributed by atoms with van der Waals surface area (Å²) in [6.07, 6.45) is 8.08. The van der Waals surface area contributed by atoms with Crippen LogP contribution >= 0.6 is 0 Å². The average molecular weight is 294 g/mol. The van der Waals surface area contributed by atoms with Gasteiger partial charge in [0.25, 0.3) is 0 Å². The average Bonchev–Trinajstić information content (AvgIpc) is 2.46. The maximum Gasteiger partial charge on any atom is 0.240 e. The molecule has 2 rings (SSSR count). The van der Waals surface area contributed by atoms with Gasteiger partial charge in [-0.2, -0.15) is 0 Å². The summed E-state index contributed by atoms with van der Waals surface area (Å²) in [5.41, 5.74) is 7.38. The molecule has 1 aromatic rings. The summed E-state index contributed by atoms with van der Waals surface area (Å²) in [4.78, 5) is 0.249. The number of hydrogen-bond donors (Lipinski definition) is 2. The maximum atomic E-state index is 12.2. The zero-order valence-electron chi connectivity index (χ0n) is 11.8. The monoisotopic (exact) mass is 294 g/mol. The quantitative estimate of drug-likeness (QED) is 0.647. The van der Waals surface area contributed by atoms with Crippen molar-refractivity contribution in [1.29, 1.82) is 0 Å². The van der Waals surface area contributed by atoms with Crippen LogP contribution in [-0.4, -0.2) is 15.0 Å². The highest BCUT2D eigenvalue weighted by molar-refractivity contribution is 7.89. The lowest BCUT2D eigenvalue weighted by Gasteiger charge is -2.18. The highest BCUT2D eigenvalue weighted by Crippen LogP contribution is 2.20. The van der Waals surface area contributed by atoms with Gasteiger partial charge in [0, 0.05) is 12.2 Å². The number of anilines is 1. The highest BCUT2D eigenvalue weighted by Gasteiger charge is 2.18. The second kappa shape index (κ2) is 6.41. The second-order valence-corrected chi connectivity index (χ2v) is 6.98. The fourth-order valence-electron chi connectivity index (χ4n) is 2.41. The molecule has 0 aromatic heterocycles. The second-order valence-electron chi connectivity index (χ2n) is 5.22. The Hall–Kier alpha value is -1.33. The number of aryl methyl sites for hydroxylation is 1. The van der Waals surface area contributed by atoms with E-state index in [9.17, 15) is 8.42 Å². The molecule has 0 fully saturated rings. The Balaban J connectivity index is 2.06. The topological polar surface area (TPSA) is 72.2 Å². The first-order valence-corrected chi connectivity index (χ1v) is 8.54. The van der Waals surface area contributed by atoms with Crippen LogP contribution in [0.2, 0.25) is 0 Å². The first-order chi connectivity index (χ1) is 9.53. The molecular formula is C15H22N2O2S. The van der Waals surface area contributed by atoms with Gasteiger partial charge in [-0.15, -0.1) is 0 Å². The number of benzene rings is 1. The first-order valence-electron chi connectivity index (χ1n) is 7.06. The normalized spacial score (nSPS) is 19.1. The summed E-state index contributed by atoms with van der Waals surface area (Å²) in [7, 11) is -3.46. The van der Waals surface area contributed by atoms with Crippen molar-refractivity contribution in [3.8, 4) is 0 Å². The van der Waals surface area contributed by atoms with Crippen molar-refractivity contribution < 1.29 is 8.42 Å². The zero-order valence-corrected chi connectivity index (χ0v) is 12.6. The van der Waals surface area contributed by atoms with Gasteiger partial charge in [-0.3, -0.25) is 0 Å². The van der Waals surface area contributed by atoms with E-state index < -0.39 is 10.0 Å². The fourth-order valence-corrected chi connectivity index (χ4v) is 3.57. The van der Waals surface area contributed by atoms with Crippen molar-refractivity contribution >= 4 is 15.7 Å². The highest BCUT2D eigenvalue weighted by atomic mass is 32.2. The Labute approximate surface area is 121 Å². The van der Waals surface area contributed by atoms with Crippen molar-refractivity contribution in [2.75, 3.05) is 12.3 Å². The van der Waals surface area contributed by atoms with Crippen molar-refractivity contribution in [1.82, 2.24) is 4.72 Å². The van der Waals surface area contributed by atoms with Crippen LogP contribution in [0.5, 0.6) is 0 Å². The molecule has 0 saturated heterocycles. The van der Waals surface area contributed by atoms with Crippen LogP contribution in [0.4, 0.5) is 5.69 Å². The van der Waals surface area contributed by atoms with Crippen molar-refractivity contribution in [2.45, 2.75) is 37.5 Å². The molecule has 0 aliphatic heterocycles. The molecule has 4 nitrogen and oxygen atoms in total. The first kappa shape index (κ1) is 15.1. The molecule has 1 aromatic carbocycles. The van der Waals surface area contributed by atoms with Crippen LogP contribution in [-0.2, 0) is 16.4 Å². The molecule has 3 N–H and O–H groups in total. The number of rotatable bonds is 5. The Morgan fingerprint density at radius 3 is 2.75 bits per heavy atom. The molecule has 0 radical (unpaired) electrons. The molecule has 1 atom stereocenters. The minimum absolute atomic E-state index is 0.249. The van der Waals surface area contributed by atoms with E-state index in [-0.39, 0.29) is 4.90 Å². The van der Waals surface area contributed by atoms with Gasteiger partial charge in [-0.25, -0.2) is 13.1 Å². The molecule has 0 amide bonds. The molecule has 1 unspecified atom stereocenters.